The fraction of sp³-hybridized carbons (Fsp3) is 1.00. The van der Waals surface area contributed by atoms with Crippen LogP contribution >= 0.6 is 0 Å². The first kappa shape index (κ1) is 15.9. The molecule has 0 spiro atoms. The van der Waals surface area contributed by atoms with Gasteiger partial charge in [0.15, 0.2) is 0 Å². The Morgan fingerprint density at radius 2 is 1.83 bits per heavy atom. The average molecular weight is 208 g/mol. The Balaban J connectivity index is 0. The van der Waals surface area contributed by atoms with Crippen molar-refractivity contribution in [2.75, 3.05) is 6.51 Å². The number of rotatable bonds is 5. The van der Waals surface area contributed by atoms with Gasteiger partial charge in [-0.25, -0.2) is 0 Å². The van der Waals surface area contributed by atoms with Crippen molar-refractivity contribution in [1.29, 1.82) is 0 Å². The standard InChI is InChI=1S/C6H13BF3O.K/c1-3-4-6(2)11-5-7(8,9)10;/h6H,3-5H2,1-2H3;/q-1;+1. The number of halogens is 3. The van der Waals surface area contributed by atoms with Crippen molar-refractivity contribution in [1.82, 2.24) is 0 Å². The molecule has 0 saturated heterocycles. The summed E-state index contributed by atoms with van der Waals surface area (Å²) in [6.07, 6.45) is 1.27. The van der Waals surface area contributed by atoms with Crippen LogP contribution in [0.5, 0.6) is 0 Å². The Morgan fingerprint density at radius 3 is 2.17 bits per heavy atom. The Hall–Kier alpha value is 1.45. The average Bonchev–Trinajstić information content (AvgIpc) is 1.83. The van der Waals surface area contributed by atoms with Crippen LogP contribution < -0.4 is 51.4 Å². The van der Waals surface area contributed by atoms with E-state index in [-0.39, 0.29) is 57.5 Å². The topological polar surface area (TPSA) is 9.23 Å². The fourth-order valence-corrected chi connectivity index (χ4v) is 0.763. The van der Waals surface area contributed by atoms with Gasteiger partial charge in [0.2, 0.25) is 0 Å². The second kappa shape index (κ2) is 7.82. The SMILES string of the molecule is CCCC(C)OC[B-](F)(F)F.[K+]. The molecule has 68 valence electrons. The summed E-state index contributed by atoms with van der Waals surface area (Å²) in [7, 11) is 0. The largest absolute Gasteiger partial charge is 1.00 e. The zero-order valence-electron chi connectivity index (χ0n) is 7.82. The van der Waals surface area contributed by atoms with E-state index in [4.69, 9.17) is 0 Å². The smallest absolute Gasteiger partial charge is 0.447 e. The van der Waals surface area contributed by atoms with E-state index < -0.39 is 13.5 Å². The van der Waals surface area contributed by atoms with Crippen molar-refractivity contribution in [3.05, 3.63) is 0 Å². The van der Waals surface area contributed by atoms with Gasteiger partial charge in [0.05, 0.1) is 6.10 Å². The summed E-state index contributed by atoms with van der Waals surface area (Å²) in [6.45, 7) is -2.26. The molecule has 0 heterocycles. The Labute approximate surface area is 114 Å². The van der Waals surface area contributed by atoms with Crippen molar-refractivity contribution in [2.24, 2.45) is 0 Å². The van der Waals surface area contributed by atoms with Gasteiger partial charge in [-0.3, -0.25) is 0 Å². The number of hydrogen-bond donors (Lipinski definition) is 0. The minimum Gasteiger partial charge on any atom is -0.447 e. The quantitative estimate of drug-likeness (QED) is 0.558. The second-order valence-corrected chi connectivity index (χ2v) is 2.64. The third kappa shape index (κ3) is 11.5. The molecule has 12 heavy (non-hydrogen) atoms. The van der Waals surface area contributed by atoms with Gasteiger partial charge in [0.1, 0.15) is 0 Å². The van der Waals surface area contributed by atoms with Gasteiger partial charge in [0, 0.05) is 6.51 Å². The molecule has 0 N–H and O–H groups in total. The number of ether oxygens (including phenoxy) is 1. The molecule has 0 aliphatic heterocycles. The Kier molecular flexibility index (Phi) is 10.4. The van der Waals surface area contributed by atoms with Gasteiger partial charge in [-0.05, 0) is 13.3 Å². The van der Waals surface area contributed by atoms with Crippen LogP contribution in [-0.4, -0.2) is 19.6 Å². The molecule has 0 aromatic heterocycles. The molecule has 0 rings (SSSR count). The molecular formula is C6H13BF3KO. The van der Waals surface area contributed by atoms with Crippen molar-refractivity contribution in [2.45, 2.75) is 32.8 Å². The predicted octanol–water partition coefficient (Wildman–Crippen LogP) is -0.418. The first-order valence-electron chi connectivity index (χ1n) is 3.78. The van der Waals surface area contributed by atoms with Crippen LogP contribution in [0.1, 0.15) is 26.7 Å². The Bertz CT molecular complexity index is 109. The zero-order chi connectivity index (χ0) is 8.91. The van der Waals surface area contributed by atoms with Crippen molar-refractivity contribution in [3.8, 4) is 0 Å². The molecule has 0 saturated carbocycles. The molecule has 0 radical (unpaired) electrons. The maximum Gasteiger partial charge on any atom is 1.00 e. The maximum atomic E-state index is 11.6. The van der Waals surface area contributed by atoms with Gasteiger partial charge < -0.3 is 17.7 Å². The summed E-state index contributed by atoms with van der Waals surface area (Å²) in [4.78, 5) is 0. The third-order valence-corrected chi connectivity index (χ3v) is 1.26. The van der Waals surface area contributed by atoms with E-state index in [1.807, 2.05) is 6.92 Å². The van der Waals surface area contributed by atoms with E-state index in [9.17, 15) is 12.9 Å². The summed E-state index contributed by atoms with van der Waals surface area (Å²) >= 11 is 0. The molecule has 0 aromatic carbocycles. The minimum atomic E-state index is -4.77. The van der Waals surface area contributed by atoms with Gasteiger partial charge in [-0.15, -0.1) is 0 Å². The van der Waals surface area contributed by atoms with Gasteiger partial charge >= 0.3 is 58.4 Å². The third-order valence-electron chi connectivity index (χ3n) is 1.26. The van der Waals surface area contributed by atoms with Crippen molar-refractivity contribution in [3.63, 3.8) is 0 Å². The van der Waals surface area contributed by atoms with Crippen molar-refractivity contribution < 1.29 is 69.1 Å². The van der Waals surface area contributed by atoms with Gasteiger partial charge in [-0.2, -0.15) is 0 Å². The van der Waals surface area contributed by atoms with Crippen LogP contribution in [0.15, 0.2) is 0 Å². The van der Waals surface area contributed by atoms with Gasteiger partial charge in [0.25, 0.3) is 0 Å². The van der Waals surface area contributed by atoms with E-state index >= 15 is 0 Å². The monoisotopic (exact) mass is 208 g/mol. The van der Waals surface area contributed by atoms with E-state index in [0.717, 1.165) is 6.42 Å². The molecule has 0 amide bonds. The second-order valence-electron chi connectivity index (χ2n) is 2.64. The van der Waals surface area contributed by atoms with Crippen LogP contribution in [0, 0.1) is 0 Å². The molecule has 0 bridgehead atoms. The van der Waals surface area contributed by atoms with Crippen molar-refractivity contribution >= 4 is 6.98 Å². The summed E-state index contributed by atoms with van der Waals surface area (Å²) in [5.41, 5.74) is 0. The molecule has 1 nitrogen and oxygen atoms in total. The summed E-state index contributed by atoms with van der Waals surface area (Å²) in [5, 5.41) is 0. The predicted molar refractivity (Wildman–Crippen MR) is 39.4 cm³/mol. The first-order chi connectivity index (χ1) is 4.95. The van der Waals surface area contributed by atoms with Gasteiger partial charge in [-0.1, -0.05) is 13.3 Å². The normalized spacial score (nSPS) is 13.8. The molecule has 1 unspecified atom stereocenters. The maximum absolute atomic E-state index is 11.6. The Morgan fingerprint density at radius 1 is 1.33 bits per heavy atom. The van der Waals surface area contributed by atoms with E-state index in [1.54, 1.807) is 6.92 Å². The molecule has 0 aliphatic carbocycles. The summed E-state index contributed by atoms with van der Waals surface area (Å²) < 4.78 is 39.3. The first-order valence-corrected chi connectivity index (χ1v) is 3.78. The minimum absolute atomic E-state index is 0. The van der Waals surface area contributed by atoms with E-state index in [1.165, 1.54) is 0 Å². The van der Waals surface area contributed by atoms with Crippen LogP contribution in [0.4, 0.5) is 12.9 Å². The van der Waals surface area contributed by atoms with Crippen LogP contribution in [0.3, 0.4) is 0 Å². The molecule has 0 aliphatic rings. The molecule has 0 aromatic rings. The summed E-state index contributed by atoms with van der Waals surface area (Å²) in [6, 6.07) is 0. The molecule has 0 fully saturated rings. The molecule has 1 atom stereocenters. The fourth-order valence-electron chi connectivity index (χ4n) is 0.763. The van der Waals surface area contributed by atoms with Crippen LogP contribution in [-0.2, 0) is 4.74 Å². The van der Waals surface area contributed by atoms with Crippen LogP contribution in [0.25, 0.3) is 0 Å². The molecule has 6 heteroatoms. The van der Waals surface area contributed by atoms with Crippen LogP contribution in [0.2, 0.25) is 0 Å². The molecular weight excluding hydrogens is 195 g/mol. The van der Waals surface area contributed by atoms with E-state index in [2.05, 4.69) is 4.74 Å². The number of hydrogen-bond acceptors (Lipinski definition) is 1. The van der Waals surface area contributed by atoms with E-state index in [0.29, 0.717) is 6.42 Å². The zero-order valence-corrected chi connectivity index (χ0v) is 10.9. The summed E-state index contributed by atoms with van der Waals surface area (Å²) in [5.74, 6) is 0.